The molecule has 0 aromatic heterocycles. The van der Waals surface area contributed by atoms with Crippen molar-refractivity contribution < 1.29 is 23.1 Å². The summed E-state index contributed by atoms with van der Waals surface area (Å²) in [5, 5.41) is 19.6. The number of carbonyl (C=O) groups excluding carboxylic acids is 1. The van der Waals surface area contributed by atoms with Crippen LogP contribution >= 0.6 is 0 Å². The summed E-state index contributed by atoms with van der Waals surface area (Å²) >= 11 is 0. The summed E-state index contributed by atoms with van der Waals surface area (Å²) < 4.78 is 23.0. The minimum Gasteiger partial charge on any atom is -0.465 e. The number of carboxylic acid groups (broad SMARTS) is 1. The molecular weight excluding hydrogens is 286 g/mol. The highest BCUT2D eigenvalue weighted by Gasteiger charge is 2.49. The molecule has 8 nitrogen and oxygen atoms in total. The molecule has 110 valence electrons. The van der Waals surface area contributed by atoms with E-state index in [9.17, 15) is 18.0 Å². The van der Waals surface area contributed by atoms with E-state index in [0.717, 1.165) is 11.2 Å². The lowest BCUT2D eigenvalue weighted by atomic mass is 10.2. The third-order valence-electron chi connectivity index (χ3n) is 3.74. The second kappa shape index (κ2) is 4.63. The molecule has 0 radical (unpaired) electrons. The van der Waals surface area contributed by atoms with Crippen LogP contribution in [0.25, 0.3) is 0 Å². The number of nitrogens with zero attached hydrogens (tertiary/aromatic N) is 2. The minimum atomic E-state index is -3.42. The van der Waals surface area contributed by atoms with Crippen LogP contribution < -0.4 is 5.32 Å². The Morgan fingerprint density at radius 2 is 2.05 bits per heavy atom. The van der Waals surface area contributed by atoms with Gasteiger partial charge >= 0.3 is 6.09 Å². The third-order valence-corrected chi connectivity index (χ3v) is 5.30. The second-order valence-electron chi connectivity index (χ2n) is 5.32. The van der Waals surface area contributed by atoms with Crippen LogP contribution in [0.15, 0.2) is 0 Å². The van der Waals surface area contributed by atoms with E-state index in [1.807, 2.05) is 6.07 Å². The number of nitrogens with one attached hydrogen (secondary N) is 1. The van der Waals surface area contributed by atoms with Crippen LogP contribution in [0, 0.1) is 11.3 Å². The summed E-state index contributed by atoms with van der Waals surface area (Å²) in [6.07, 6.45) is 0.682. The van der Waals surface area contributed by atoms with Crippen LogP contribution in [0.4, 0.5) is 4.79 Å². The molecule has 1 saturated carbocycles. The maximum atomic E-state index is 12.1. The predicted molar refractivity (Wildman–Crippen MR) is 67.5 cm³/mol. The number of hydrogen-bond acceptors (Lipinski definition) is 5. The van der Waals surface area contributed by atoms with Crippen molar-refractivity contribution in [2.45, 2.75) is 36.1 Å². The summed E-state index contributed by atoms with van der Waals surface area (Å²) in [4.78, 5) is 24.0. The van der Waals surface area contributed by atoms with Gasteiger partial charge in [0, 0.05) is 12.8 Å². The minimum absolute atomic E-state index is 0.0710. The number of hydrogen-bond donors (Lipinski definition) is 2. The first-order chi connectivity index (χ1) is 9.18. The van der Waals surface area contributed by atoms with Crippen LogP contribution in [-0.2, 0) is 14.6 Å². The fourth-order valence-electron chi connectivity index (χ4n) is 2.28. The molecule has 2 atom stereocenters. The molecule has 0 aromatic rings. The van der Waals surface area contributed by atoms with Gasteiger partial charge in [0.05, 0.1) is 11.3 Å². The number of sulfone groups is 1. The molecule has 2 N–H and O–H groups in total. The highest BCUT2D eigenvalue weighted by molar-refractivity contribution is 7.91. The van der Waals surface area contributed by atoms with E-state index < -0.39 is 38.7 Å². The Morgan fingerprint density at radius 3 is 2.45 bits per heavy atom. The Bertz CT molecular complexity index is 590. The molecule has 0 aromatic carbocycles. The van der Waals surface area contributed by atoms with Gasteiger partial charge in [-0.2, -0.15) is 5.26 Å². The number of likely N-dealkylation sites (tertiary alicyclic amines) is 1. The van der Waals surface area contributed by atoms with Crippen molar-refractivity contribution >= 4 is 21.8 Å². The zero-order valence-corrected chi connectivity index (χ0v) is 11.7. The second-order valence-corrected chi connectivity index (χ2v) is 7.65. The van der Waals surface area contributed by atoms with Crippen molar-refractivity contribution in [2.24, 2.45) is 0 Å². The van der Waals surface area contributed by atoms with Gasteiger partial charge in [0.15, 0.2) is 9.84 Å². The van der Waals surface area contributed by atoms with Gasteiger partial charge in [-0.15, -0.1) is 0 Å². The molecule has 9 heteroatoms. The zero-order valence-electron chi connectivity index (χ0n) is 10.9. The van der Waals surface area contributed by atoms with Gasteiger partial charge in [-0.25, -0.2) is 13.2 Å². The molecule has 2 fully saturated rings. The lowest BCUT2D eigenvalue weighted by Crippen LogP contribution is -2.49. The Morgan fingerprint density at radius 1 is 1.45 bits per heavy atom. The van der Waals surface area contributed by atoms with E-state index in [1.165, 1.54) is 0 Å². The summed E-state index contributed by atoms with van der Waals surface area (Å²) in [7, 11) is -3.42. The van der Waals surface area contributed by atoms with Gasteiger partial charge in [0.1, 0.15) is 11.6 Å². The standard InChI is InChI=1S/C11H15N3O5S/c1-20(18,19)7-4-8(14(5-7)10(16)17)9(15)13-11(6-12)2-3-11/h7-8H,2-5H2,1H3,(H,13,15)(H,16,17)/t7-,8+/m1/s1. The summed E-state index contributed by atoms with van der Waals surface area (Å²) in [5.74, 6) is -0.599. The van der Waals surface area contributed by atoms with Gasteiger partial charge < -0.3 is 10.4 Å². The molecule has 0 unspecified atom stereocenters. The van der Waals surface area contributed by atoms with Gasteiger partial charge in [0.2, 0.25) is 5.91 Å². The van der Waals surface area contributed by atoms with Crippen molar-refractivity contribution in [3.63, 3.8) is 0 Å². The van der Waals surface area contributed by atoms with Crippen molar-refractivity contribution in [2.75, 3.05) is 12.8 Å². The molecule has 2 amide bonds. The number of carbonyl (C=O) groups is 2. The highest BCUT2D eigenvalue weighted by atomic mass is 32.2. The molecule has 1 aliphatic heterocycles. The normalized spacial score (nSPS) is 27.7. The maximum Gasteiger partial charge on any atom is 0.408 e. The first-order valence-electron chi connectivity index (χ1n) is 6.10. The van der Waals surface area contributed by atoms with Crippen molar-refractivity contribution in [3.8, 4) is 6.07 Å². The van der Waals surface area contributed by atoms with E-state index in [0.29, 0.717) is 12.8 Å². The van der Waals surface area contributed by atoms with Crippen LogP contribution in [0.5, 0.6) is 0 Å². The predicted octanol–water partition coefficient (Wildman–Crippen LogP) is -0.676. The topological polar surface area (TPSA) is 128 Å². The van der Waals surface area contributed by atoms with Crippen molar-refractivity contribution in [1.29, 1.82) is 5.26 Å². The molecule has 20 heavy (non-hydrogen) atoms. The molecule has 2 aliphatic rings. The number of nitriles is 1. The molecule has 0 bridgehead atoms. The van der Waals surface area contributed by atoms with E-state index in [1.54, 1.807) is 0 Å². The highest BCUT2D eigenvalue weighted by Crippen LogP contribution is 2.35. The Balaban J connectivity index is 2.14. The molecule has 1 heterocycles. The van der Waals surface area contributed by atoms with Crippen LogP contribution in [0.2, 0.25) is 0 Å². The van der Waals surface area contributed by atoms with Crippen molar-refractivity contribution in [1.82, 2.24) is 10.2 Å². The Hall–Kier alpha value is -1.82. The maximum absolute atomic E-state index is 12.1. The summed E-state index contributed by atoms with van der Waals surface area (Å²) in [5.41, 5.74) is -0.898. The average molecular weight is 301 g/mol. The molecule has 0 spiro atoms. The van der Waals surface area contributed by atoms with E-state index in [4.69, 9.17) is 10.4 Å². The lowest BCUT2D eigenvalue weighted by molar-refractivity contribution is -0.125. The van der Waals surface area contributed by atoms with Gasteiger partial charge in [-0.05, 0) is 19.3 Å². The van der Waals surface area contributed by atoms with Gasteiger partial charge in [0.25, 0.3) is 0 Å². The van der Waals surface area contributed by atoms with Crippen LogP contribution in [0.1, 0.15) is 19.3 Å². The quantitative estimate of drug-likeness (QED) is 0.711. The number of amides is 2. The SMILES string of the molecule is CS(=O)(=O)[C@@H]1C[C@@H](C(=O)NC2(C#N)CC2)N(C(=O)O)C1. The third kappa shape index (κ3) is 2.70. The van der Waals surface area contributed by atoms with Gasteiger partial charge in [-0.1, -0.05) is 0 Å². The first-order valence-corrected chi connectivity index (χ1v) is 8.06. The van der Waals surface area contributed by atoms with E-state index in [2.05, 4.69) is 5.32 Å². The molecule has 2 rings (SSSR count). The summed E-state index contributed by atoms with van der Waals surface area (Å²) in [6.45, 7) is -0.216. The lowest BCUT2D eigenvalue weighted by Gasteiger charge is -2.21. The largest absolute Gasteiger partial charge is 0.465 e. The van der Waals surface area contributed by atoms with E-state index >= 15 is 0 Å². The Labute approximate surface area is 116 Å². The molecular formula is C11H15N3O5S. The summed E-state index contributed by atoms with van der Waals surface area (Å²) in [6, 6.07) is 0.919. The van der Waals surface area contributed by atoms with Crippen molar-refractivity contribution in [3.05, 3.63) is 0 Å². The number of rotatable bonds is 3. The first kappa shape index (κ1) is 14.6. The Kier molecular flexibility index (Phi) is 3.37. The van der Waals surface area contributed by atoms with Crippen LogP contribution in [-0.4, -0.2) is 60.1 Å². The average Bonchev–Trinajstić information content (AvgIpc) is 2.94. The molecule has 1 saturated heterocycles. The van der Waals surface area contributed by atoms with E-state index in [-0.39, 0.29) is 13.0 Å². The fraction of sp³-hybridized carbons (Fsp3) is 0.727. The molecule has 1 aliphatic carbocycles. The van der Waals surface area contributed by atoms with Crippen LogP contribution in [0.3, 0.4) is 0 Å². The monoisotopic (exact) mass is 301 g/mol. The zero-order chi connectivity index (χ0) is 15.1. The van der Waals surface area contributed by atoms with Gasteiger partial charge in [-0.3, -0.25) is 9.69 Å². The fourth-order valence-corrected chi connectivity index (χ4v) is 3.24. The smallest absolute Gasteiger partial charge is 0.408 e.